The van der Waals surface area contributed by atoms with Crippen molar-refractivity contribution in [3.8, 4) is 0 Å². The maximum absolute atomic E-state index is 11.0. The molecule has 2 rings (SSSR count). The molecule has 1 aliphatic rings. The van der Waals surface area contributed by atoms with E-state index in [9.17, 15) is 4.79 Å². The first-order chi connectivity index (χ1) is 8.92. The van der Waals surface area contributed by atoms with E-state index >= 15 is 0 Å². The number of nitrogens with two attached hydrogens (primary N) is 1. The van der Waals surface area contributed by atoms with Crippen molar-refractivity contribution >= 4 is 29.5 Å². The predicted molar refractivity (Wildman–Crippen MR) is 82.1 cm³/mol. The molecule has 0 radical (unpaired) electrons. The summed E-state index contributed by atoms with van der Waals surface area (Å²) < 4.78 is -0.450. The number of carboxylic acids is 1. The number of fused-ring (bicyclic) bond motifs is 1. The Morgan fingerprint density at radius 3 is 2.95 bits per heavy atom. The Kier molecular flexibility index (Phi) is 4.48. The van der Waals surface area contributed by atoms with Crippen molar-refractivity contribution in [1.29, 1.82) is 0 Å². The number of hydrogen-bond acceptors (Lipinski definition) is 4. The van der Waals surface area contributed by atoms with E-state index in [4.69, 9.17) is 10.8 Å². The van der Waals surface area contributed by atoms with Crippen LogP contribution in [0.5, 0.6) is 0 Å². The molecule has 1 aromatic carbocycles. The molecule has 1 aliphatic heterocycles. The van der Waals surface area contributed by atoms with Crippen LogP contribution in [-0.2, 0) is 4.79 Å². The summed E-state index contributed by atoms with van der Waals surface area (Å²) in [6.07, 6.45) is 0. The lowest BCUT2D eigenvalue weighted by molar-refractivity contribution is -0.139. The maximum atomic E-state index is 11.0. The molecule has 0 aliphatic carbocycles. The summed E-state index contributed by atoms with van der Waals surface area (Å²) in [5.41, 5.74) is 7.14. The van der Waals surface area contributed by atoms with Gasteiger partial charge in [-0.2, -0.15) is 11.8 Å². The van der Waals surface area contributed by atoms with Gasteiger partial charge in [0.15, 0.2) is 0 Å². The van der Waals surface area contributed by atoms with Gasteiger partial charge in [-0.3, -0.25) is 4.79 Å². The second-order valence-corrected chi connectivity index (χ2v) is 8.01. The third-order valence-electron chi connectivity index (χ3n) is 3.47. The molecule has 19 heavy (non-hydrogen) atoms. The molecule has 0 aromatic heterocycles. The van der Waals surface area contributed by atoms with Gasteiger partial charge in [-0.15, -0.1) is 11.8 Å². The summed E-state index contributed by atoms with van der Waals surface area (Å²) in [6, 6.07) is 7.62. The Morgan fingerprint density at radius 2 is 2.26 bits per heavy atom. The van der Waals surface area contributed by atoms with E-state index in [-0.39, 0.29) is 0 Å². The van der Waals surface area contributed by atoms with Gasteiger partial charge < -0.3 is 10.8 Å². The first-order valence-corrected chi connectivity index (χ1v) is 8.23. The molecule has 1 unspecified atom stereocenters. The molecule has 3 N–H and O–H groups in total. The fourth-order valence-electron chi connectivity index (χ4n) is 2.07. The first kappa shape index (κ1) is 14.8. The summed E-state index contributed by atoms with van der Waals surface area (Å²) >= 11 is 3.54. The summed E-state index contributed by atoms with van der Waals surface area (Å²) in [4.78, 5) is 12.4. The third-order valence-corrected chi connectivity index (χ3v) is 6.29. The molecule has 2 atom stereocenters. The first-order valence-electron chi connectivity index (χ1n) is 6.26. The highest BCUT2D eigenvalue weighted by Gasteiger charge is 2.34. The largest absolute Gasteiger partial charge is 0.480 e. The molecule has 0 fully saturated rings. The number of benzene rings is 1. The van der Waals surface area contributed by atoms with E-state index in [0.29, 0.717) is 5.92 Å². The molecular weight excluding hydrogens is 278 g/mol. The molecular formula is C14H19NO2S2. The zero-order valence-electron chi connectivity index (χ0n) is 11.1. The van der Waals surface area contributed by atoms with Gasteiger partial charge >= 0.3 is 5.97 Å². The van der Waals surface area contributed by atoms with Crippen LogP contribution in [-0.4, -0.2) is 33.4 Å². The Morgan fingerprint density at radius 1 is 1.58 bits per heavy atom. The maximum Gasteiger partial charge on any atom is 0.321 e. The molecule has 5 heteroatoms. The average molecular weight is 297 g/mol. The van der Waals surface area contributed by atoms with Crippen molar-refractivity contribution < 1.29 is 9.90 Å². The van der Waals surface area contributed by atoms with Crippen LogP contribution < -0.4 is 5.73 Å². The number of aliphatic carboxylic acids is 1. The van der Waals surface area contributed by atoms with Gasteiger partial charge in [0.2, 0.25) is 0 Å². The third kappa shape index (κ3) is 3.27. The molecule has 0 bridgehead atoms. The van der Waals surface area contributed by atoms with Crippen molar-refractivity contribution in [2.24, 2.45) is 5.73 Å². The van der Waals surface area contributed by atoms with Crippen molar-refractivity contribution in [2.45, 2.75) is 35.4 Å². The molecule has 1 aromatic rings. The van der Waals surface area contributed by atoms with Gasteiger partial charge in [-0.25, -0.2) is 0 Å². The lowest BCUT2D eigenvalue weighted by Crippen LogP contribution is -2.47. The van der Waals surface area contributed by atoms with Crippen LogP contribution in [0, 0.1) is 0 Å². The number of carboxylic acid groups (broad SMARTS) is 1. The van der Waals surface area contributed by atoms with Crippen LogP contribution in [0.4, 0.5) is 0 Å². The van der Waals surface area contributed by atoms with Crippen LogP contribution in [0.25, 0.3) is 0 Å². The van der Waals surface area contributed by atoms with E-state index in [0.717, 1.165) is 11.5 Å². The zero-order valence-corrected chi connectivity index (χ0v) is 12.8. The summed E-state index contributed by atoms with van der Waals surface area (Å²) in [7, 11) is 0. The summed E-state index contributed by atoms with van der Waals surface area (Å²) in [5, 5.41) is 9.02. The molecule has 0 saturated heterocycles. The van der Waals surface area contributed by atoms with Gasteiger partial charge in [0.1, 0.15) is 6.04 Å². The van der Waals surface area contributed by atoms with E-state index < -0.39 is 16.8 Å². The van der Waals surface area contributed by atoms with Gasteiger partial charge in [0.25, 0.3) is 0 Å². The van der Waals surface area contributed by atoms with Crippen molar-refractivity contribution in [3.63, 3.8) is 0 Å². The fourth-order valence-corrected chi connectivity index (χ4v) is 4.68. The molecule has 0 saturated carbocycles. The quantitative estimate of drug-likeness (QED) is 0.875. The molecule has 3 nitrogen and oxygen atoms in total. The van der Waals surface area contributed by atoms with E-state index in [1.807, 2.05) is 25.6 Å². The van der Waals surface area contributed by atoms with E-state index in [2.05, 4.69) is 24.3 Å². The van der Waals surface area contributed by atoms with E-state index in [1.54, 1.807) is 11.8 Å². The lowest BCUT2D eigenvalue weighted by Gasteiger charge is -2.29. The van der Waals surface area contributed by atoms with Crippen LogP contribution in [0.1, 0.15) is 25.3 Å². The second-order valence-electron chi connectivity index (χ2n) is 5.28. The number of hydrogen-bond donors (Lipinski definition) is 2. The number of rotatable bonds is 5. The second kappa shape index (κ2) is 5.77. The molecule has 1 heterocycles. The van der Waals surface area contributed by atoms with Gasteiger partial charge in [-0.1, -0.05) is 18.2 Å². The average Bonchev–Trinajstić information content (AvgIpc) is 2.78. The van der Waals surface area contributed by atoms with Crippen LogP contribution in [0.2, 0.25) is 0 Å². The number of carbonyl (C=O) groups is 1. The highest BCUT2D eigenvalue weighted by molar-refractivity contribution is 8.01. The van der Waals surface area contributed by atoms with Crippen molar-refractivity contribution in [2.75, 3.05) is 11.5 Å². The number of thioether (sulfide) groups is 2. The fraction of sp³-hybridized carbons (Fsp3) is 0.500. The smallest absolute Gasteiger partial charge is 0.321 e. The van der Waals surface area contributed by atoms with Crippen LogP contribution in [0.3, 0.4) is 0 Å². The van der Waals surface area contributed by atoms with Gasteiger partial charge in [0, 0.05) is 27.1 Å². The standard InChI is InChI=1S/C14H19NO2S2/c1-14(2,12(15)13(16)17)19-8-9-7-18-11-6-4-3-5-10(9)11/h3-6,9,12H,7-8,15H2,1-2H3,(H,16,17)/t9?,12-/m0/s1. The minimum absolute atomic E-state index is 0.450. The van der Waals surface area contributed by atoms with Crippen LogP contribution >= 0.6 is 23.5 Å². The van der Waals surface area contributed by atoms with Crippen molar-refractivity contribution in [1.82, 2.24) is 0 Å². The molecule has 0 amide bonds. The Bertz CT molecular complexity index is 476. The zero-order chi connectivity index (χ0) is 14.0. The SMILES string of the molecule is CC(C)(SCC1CSc2ccccc21)[C@@H](N)C(=O)O. The summed E-state index contributed by atoms with van der Waals surface area (Å²) in [5.74, 6) is 1.55. The molecule has 0 spiro atoms. The molecule has 104 valence electrons. The topological polar surface area (TPSA) is 63.3 Å². The Balaban J connectivity index is 1.99. The minimum atomic E-state index is -0.932. The minimum Gasteiger partial charge on any atom is -0.480 e. The highest BCUT2D eigenvalue weighted by Crippen LogP contribution is 2.42. The summed E-state index contributed by atoms with van der Waals surface area (Å²) in [6.45, 7) is 3.81. The van der Waals surface area contributed by atoms with Gasteiger partial charge in [0.05, 0.1) is 0 Å². The van der Waals surface area contributed by atoms with Gasteiger partial charge in [-0.05, 0) is 25.5 Å². The Hall–Kier alpha value is -0.650. The van der Waals surface area contributed by atoms with E-state index in [1.165, 1.54) is 10.5 Å². The lowest BCUT2D eigenvalue weighted by atomic mass is 10.0. The monoisotopic (exact) mass is 297 g/mol. The van der Waals surface area contributed by atoms with Crippen LogP contribution in [0.15, 0.2) is 29.2 Å². The normalized spacial score (nSPS) is 20.1. The highest BCUT2D eigenvalue weighted by atomic mass is 32.2. The Labute approximate surface area is 122 Å². The van der Waals surface area contributed by atoms with Crippen molar-refractivity contribution in [3.05, 3.63) is 29.8 Å². The predicted octanol–water partition coefficient (Wildman–Crippen LogP) is 2.80.